The summed E-state index contributed by atoms with van der Waals surface area (Å²) in [7, 11) is 0. The summed E-state index contributed by atoms with van der Waals surface area (Å²) in [5.74, 6) is 0.924. The highest BCUT2D eigenvalue weighted by Gasteiger charge is 2.08. The Hall–Kier alpha value is -2.33. The normalized spacial score (nSPS) is 11.1. The van der Waals surface area contributed by atoms with Gasteiger partial charge in [-0.1, -0.05) is 12.1 Å². The first-order valence-electron chi connectivity index (χ1n) is 6.60. The van der Waals surface area contributed by atoms with E-state index in [0.717, 1.165) is 28.8 Å². The van der Waals surface area contributed by atoms with Crippen molar-refractivity contribution in [3.8, 4) is 0 Å². The van der Waals surface area contributed by atoms with E-state index in [1.165, 1.54) is 0 Å². The summed E-state index contributed by atoms with van der Waals surface area (Å²) in [6.07, 6.45) is 1.67. The maximum atomic E-state index is 11.6. The molecule has 0 aliphatic carbocycles. The van der Waals surface area contributed by atoms with Crippen molar-refractivity contribution in [3.05, 3.63) is 70.0 Å². The molecule has 0 saturated heterocycles. The molecule has 0 radical (unpaired) electrons. The molecule has 1 aromatic carbocycles. The molecule has 2 N–H and O–H groups in total. The van der Waals surface area contributed by atoms with Gasteiger partial charge in [0.15, 0.2) is 5.76 Å². The molecule has 4 heteroatoms. The third-order valence-electron chi connectivity index (χ3n) is 3.28. The molecule has 20 heavy (non-hydrogen) atoms. The van der Waals surface area contributed by atoms with Crippen LogP contribution in [-0.2, 0) is 13.1 Å². The van der Waals surface area contributed by atoms with Gasteiger partial charge in [0.05, 0.1) is 6.26 Å². The molecule has 3 aromatic rings. The second-order valence-electron chi connectivity index (χ2n) is 4.87. The number of hydrogen-bond acceptors (Lipinski definition) is 3. The van der Waals surface area contributed by atoms with E-state index in [1.54, 1.807) is 12.3 Å². The Balaban J connectivity index is 1.85. The van der Waals surface area contributed by atoms with Crippen molar-refractivity contribution >= 4 is 11.0 Å². The fourth-order valence-corrected chi connectivity index (χ4v) is 2.30. The number of aryl methyl sites for hydroxylation is 1. The van der Waals surface area contributed by atoms with E-state index in [9.17, 15) is 4.79 Å². The van der Waals surface area contributed by atoms with Gasteiger partial charge in [0.25, 0.3) is 0 Å². The predicted octanol–water partition coefficient (Wildman–Crippen LogP) is 1.96. The molecular weight excluding hydrogens is 254 g/mol. The van der Waals surface area contributed by atoms with Crippen LogP contribution in [0.5, 0.6) is 0 Å². The fourth-order valence-electron chi connectivity index (χ4n) is 2.30. The van der Waals surface area contributed by atoms with Crippen molar-refractivity contribution in [2.75, 3.05) is 0 Å². The van der Waals surface area contributed by atoms with Gasteiger partial charge < -0.3 is 14.2 Å². The summed E-state index contributed by atoms with van der Waals surface area (Å²) in [6.45, 7) is 3.45. The van der Waals surface area contributed by atoms with Crippen molar-refractivity contribution < 1.29 is 14.2 Å². The maximum Gasteiger partial charge on any atom is 0.336 e. The van der Waals surface area contributed by atoms with Gasteiger partial charge in [-0.15, -0.1) is 0 Å². The second kappa shape index (κ2) is 5.35. The minimum atomic E-state index is -0.301. The molecule has 0 unspecified atom stereocenters. The van der Waals surface area contributed by atoms with Crippen molar-refractivity contribution in [2.45, 2.75) is 20.0 Å². The lowest BCUT2D eigenvalue weighted by atomic mass is 10.1. The van der Waals surface area contributed by atoms with Crippen molar-refractivity contribution in [3.63, 3.8) is 0 Å². The van der Waals surface area contributed by atoms with Gasteiger partial charge in [-0.3, -0.25) is 0 Å². The molecule has 0 saturated carbocycles. The Morgan fingerprint density at radius 1 is 1.15 bits per heavy atom. The monoisotopic (exact) mass is 270 g/mol. The van der Waals surface area contributed by atoms with E-state index >= 15 is 0 Å². The highest BCUT2D eigenvalue weighted by molar-refractivity contribution is 5.80. The number of furan rings is 1. The minimum Gasteiger partial charge on any atom is -0.463 e. The van der Waals surface area contributed by atoms with Crippen LogP contribution >= 0.6 is 0 Å². The van der Waals surface area contributed by atoms with E-state index in [2.05, 4.69) is 5.32 Å². The predicted molar refractivity (Wildman–Crippen MR) is 75.3 cm³/mol. The zero-order chi connectivity index (χ0) is 13.9. The SMILES string of the molecule is Cc1ccc2c(C[NH2+]Cc3ccco3)cc(=O)oc2c1. The Bertz CT molecular complexity index is 772. The number of benzene rings is 1. The Morgan fingerprint density at radius 2 is 2.05 bits per heavy atom. The van der Waals surface area contributed by atoms with Gasteiger partial charge in [0.2, 0.25) is 0 Å². The lowest BCUT2D eigenvalue weighted by Crippen LogP contribution is -2.80. The Labute approximate surface area is 116 Å². The first kappa shape index (κ1) is 12.7. The van der Waals surface area contributed by atoms with E-state index in [1.807, 2.05) is 37.3 Å². The summed E-state index contributed by atoms with van der Waals surface area (Å²) < 4.78 is 10.5. The van der Waals surface area contributed by atoms with Crippen LogP contribution in [0.25, 0.3) is 11.0 Å². The van der Waals surface area contributed by atoms with Crippen LogP contribution < -0.4 is 10.9 Å². The lowest BCUT2D eigenvalue weighted by Gasteiger charge is -2.05. The average molecular weight is 270 g/mol. The van der Waals surface area contributed by atoms with E-state index in [-0.39, 0.29) is 5.63 Å². The van der Waals surface area contributed by atoms with Crippen LogP contribution in [0.15, 0.2) is 56.3 Å². The van der Waals surface area contributed by atoms with E-state index in [0.29, 0.717) is 12.1 Å². The first-order valence-corrected chi connectivity index (χ1v) is 6.60. The van der Waals surface area contributed by atoms with Crippen LogP contribution in [0.2, 0.25) is 0 Å². The minimum absolute atomic E-state index is 0.301. The average Bonchev–Trinajstić information content (AvgIpc) is 2.91. The molecule has 0 aliphatic heterocycles. The third-order valence-corrected chi connectivity index (χ3v) is 3.28. The van der Waals surface area contributed by atoms with Gasteiger partial charge in [-0.05, 0) is 30.7 Å². The van der Waals surface area contributed by atoms with Gasteiger partial charge in [0, 0.05) is 17.0 Å². The smallest absolute Gasteiger partial charge is 0.336 e. The van der Waals surface area contributed by atoms with Crippen LogP contribution in [0.4, 0.5) is 0 Å². The van der Waals surface area contributed by atoms with Gasteiger partial charge in [-0.2, -0.15) is 0 Å². The largest absolute Gasteiger partial charge is 0.463 e. The molecule has 102 valence electrons. The molecular formula is C16H16NO3+. The molecule has 2 aromatic heterocycles. The molecule has 0 bridgehead atoms. The number of hydrogen-bond donors (Lipinski definition) is 1. The summed E-state index contributed by atoms with van der Waals surface area (Å²) in [5, 5.41) is 3.10. The number of fused-ring (bicyclic) bond motifs is 1. The standard InChI is InChI=1S/C16H15NO3/c1-11-4-5-14-12(8-16(18)20-15(14)7-11)9-17-10-13-3-2-6-19-13/h2-8,17H,9-10H2,1H3/p+1. The molecule has 0 spiro atoms. The summed E-state index contributed by atoms with van der Waals surface area (Å²) in [6, 6.07) is 11.3. The van der Waals surface area contributed by atoms with Gasteiger partial charge in [0.1, 0.15) is 18.7 Å². The molecule has 0 fully saturated rings. The van der Waals surface area contributed by atoms with Gasteiger partial charge >= 0.3 is 5.63 Å². The fraction of sp³-hybridized carbons (Fsp3) is 0.188. The van der Waals surface area contributed by atoms with E-state index in [4.69, 9.17) is 8.83 Å². The van der Waals surface area contributed by atoms with Crippen molar-refractivity contribution in [2.24, 2.45) is 0 Å². The first-order chi connectivity index (χ1) is 9.72. The lowest BCUT2D eigenvalue weighted by molar-refractivity contribution is -0.687. The highest BCUT2D eigenvalue weighted by atomic mass is 16.4. The van der Waals surface area contributed by atoms with Crippen LogP contribution in [0, 0.1) is 6.92 Å². The molecule has 0 atom stereocenters. The van der Waals surface area contributed by atoms with Crippen molar-refractivity contribution in [1.29, 1.82) is 0 Å². The van der Waals surface area contributed by atoms with Crippen LogP contribution in [-0.4, -0.2) is 0 Å². The zero-order valence-electron chi connectivity index (χ0n) is 11.3. The number of rotatable bonds is 4. The Morgan fingerprint density at radius 3 is 2.85 bits per heavy atom. The molecule has 4 nitrogen and oxygen atoms in total. The van der Waals surface area contributed by atoms with Crippen molar-refractivity contribution in [1.82, 2.24) is 0 Å². The number of quaternary nitrogens is 1. The zero-order valence-corrected chi connectivity index (χ0v) is 11.3. The topological polar surface area (TPSA) is 60.0 Å². The second-order valence-corrected chi connectivity index (χ2v) is 4.87. The summed E-state index contributed by atoms with van der Waals surface area (Å²) in [4.78, 5) is 11.6. The van der Waals surface area contributed by atoms with E-state index < -0.39 is 0 Å². The number of nitrogens with two attached hydrogens (primary N) is 1. The third kappa shape index (κ3) is 2.65. The molecule has 3 rings (SSSR count). The van der Waals surface area contributed by atoms with Crippen LogP contribution in [0.3, 0.4) is 0 Å². The quantitative estimate of drug-likeness (QED) is 0.737. The molecule has 0 aliphatic rings. The Kier molecular flexibility index (Phi) is 3.39. The summed E-state index contributed by atoms with van der Waals surface area (Å²) in [5.41, 5.74) is 2.42. The molecule has 2 heterocycles. The van der Waals surface area contributed by atoms with Crippen LogP contribution in [0.1, 0.15) is 16.9 Å². The van der Waals surface area contributed by atoms with Gasteiger partial charge in [-0.25, -0.2) is 4.79 Å². The highest BCUT2D eigenvalue weighted by Crippen LogP contribution is 2.17. The maximum absolute atomic E-state index is 11.6. The molecule has 0 amide bonds. The summed E-state index contributed by atoms with van der Waals surface area (Å²) >= 11 is 0.